The third-order valence-corrected chi connectivity index (χ3v) is 4.84. The molecule has 2 rings (SSSR count). The molecule has 0 radical (unpaired) electrons. The third kappa shape index (κ3) is 9.18. The van der Waals surface area contributed by atoms with Crippen LogP contribution in [0.5, 0.6) is 0 Å². The molecule has 3 N–H and O–H groups in total. The lowest BCUT2D eigenvalue weighted by atomic mass is 10.2. The molecule has 0 saturated carbocycles. The van der Waals surface area contributed by atoms with Gasteiger partial charge in [-0.25, -0.2) is 9.98 Å². The van der Waals surface area contributed by atoms with Crippen LogP contribution in [0.1, 0.15) is 29.3 Å². The molecule has 0 bridgehead atoms. The number of carbonyl (C=O) groups is 1. The molecule has 2 aromatic rings. The van der Waals surface area contributed by atoms with Crippen LogP contribution in [-0.2, 0) is 24.2 Å². The van der Waals surface area contributed by atoms with E-state index in [4.69, 9.17) is 0 Å². The van der Waals surface area contributed by atoms with Gasteiger partial charge < -0.3 is 16.0 Å². The van der Waals surface area contributed by atoms with Crippen LogP contribution in [0.3, 0.4) is 0 Å². The van der Waals surface area contributed by atoms with Gasteiger partial charge in [-0.2, -0.15) is 0 Å². The normalized spacial score (nSPS) is 10.8. The monoisotopic (exact) mass is 501 g/mol. The summed E-state index contributed by atoms with van der Waals surface area (Å²) in [5, 5.41) is 10.4. The fourth-order valence-corrected chi connectivity index (χ4v) is 3.12. The van der Waals surface area contributed by atoms with Crippen molar-refractivity contribution >= 4 is 47.2 Å². The van der Waals surface area contributed by atoms with Gasteiger partial charge in [0.15, 0.2) is 5.96 Å². The van der Waals surface area contributed by atoms with Crippen LogP contribution in [0.15, 0.2) is 41.5 Å². The smallest absolute Gasteiger partial charge is 0.242 e. The van der Waals surface area contributed by atoms with E-state index in [1.54, 1.807) is 11.3 Å². The predicted molar refractivity (Wildman–Crippen MR) is 123 cm³/mol. The average molecular weight is 501 g/mol. The van der Waals surface area contributed by atoms with Crippen molar-refractivity contribution in [1.82, 2.24) is 20.9 Å². The molecule has 0 unspecified atom stereocenters. The van der Waals surface area contributed by atoms with E-state index in [9.17, 15) is 4.79 Å². The second-order valence-electron chi connectivity index (χ2n) is 5.71. The highest BCUT2D eigenvalue weighted by Crippen LogP contribution is 2.13. The summed E-state index contributed by atoms with van der Waals surface area (Å²) in [4.78, 5) is 22.0. The quantitative estimate of drug-likeness (QED) is 0.281. The zero-order valence-electron chi connectivity index (χ0n) is 15.8. The fourth-order valence-electron chi connectivity index (χ4n) is 2.26. The molecule has 8 heteroatoms. The van der Waals surface area contributed by atoms with Gasteiger partial charge in [0.25, 0.3) is 0 Å². The van der Waals surface area contributed by atoms with Gasteiger partial charge in [0, 0.05) is 37.1 Å². The Hall–Kier alpha value is -1.68. The van der Waals surface area contributed by atoms with E-state index in [1.807, 2.05) is 43.5 Å². The molecule has 6 nitrogen and oxygen atoms in total. The molecule has 0 aliphatic carbocycles. The van der Waals surface area contributed by atoms with Crippen molar-refractivity contribution in [2.75, 3.05) is 19.6 Å². The number of carbonyl (C=O) groups excluding carboxylic acids is 1. The summed E-state index contributed by atoms with van der Waals surface area (Å²) in [6.45, 7) is 6.22. The standard InChI is InChI=1S/C19H27N5OS.HI/c1-3-16-13-23-18(26-16)10-11-21-19(20-4-2)24-14-17(25)22-12-15-8-6-5-7-9-15;/h5-9,13H,3-4,10-12,14H2,1-2H3,(H,22,25)(H2,20,21,24);1H. The van der Waals surface area contributed by atoms with Gasteiger partial charge in [-0.15, -0.1) is 35.3 Å². The highest BCUT2D eigenvalue weighted by atomic mass is 127. The molecule has 1 amide bonds. The Morgan fingerprint density at radius 1 is 1.15 bits per heavy atom. The predicted octanol–water partition coefficient (Wildman–Crippen LogP) is 2.74. The molecule has 148 valence electrons. The van der Waals surface area contributed by atoms with Gasteiger partial charge >= 0.3 is 0 Å². The van der Waals surface area contributed by atoms with E-state index in [1.165, 1.54) is 4.88 Å². The van der Waals surface area contributed by atoms with Crippen molar-refractivity contribution in [3.63, 3.8) is 0 Å². The van der Waals surface area contributed by atoms with E-state index in [2.05, 4.69) is 32.9 Å². The molecule has 0 spiro atoms. The van der Waals surface area contributed by atoms with Crippen LogP contribution in [-0.4, -0.2) is 36.5 Å². The summed E-state index contributed by atoms with van der Waals surface area (Å²) in [6.07, 6.45) is 3.80. The van der Waals surface area contributed by atoms with Gasteiger partial charge in [0.2, 0.25) is 5.91 Å². The molecular weight excluding hydrogens is 473 g/mol. The molecular formula is C19H28IN5OS. The number of aryl methyl sites for hydroxylation is 1. The van der Waals surface area contributed by atoms with E-state index in [0.717, 1.165) is 36.5 Å². The van der Waals surface area contributed by atoms with Gasteiger partial charge in [-0.3, -0.25) is 4.79 Å². The second kappa shape index (κ2) is 13.5. The first kappa shape index (κ1) is 23.4. The lowest BCUT2D eigenvalue weighted by molar-refractivity contribution is -0.119. The Bertz CT molecular complexity index is 705. The first-order valence-corrected chi connectivity index (χ1v) is 9.79. The van der Waals surface area contributed by atoms with Crippen molar-refractivity contribution in [3.8, 4) is 0 Å². The van der Waals surface area contributed by atoms with Crippen LogP contribution in [0.2, 0.25) is 0 Å². The Balaban J connectivity index is 0.00000364. The van der Waals surface area contributed by atoms with Gasteiger partial charge in [0.05, 0.1) is 5.01 Å². The van der Waals surface area contributed by atoms with Crippen molar-refractivity contribution < 1.29 is 4.79 Å². The Kier molecular flexibility index (Phi) is 11.7. The van der Waals surface area contributed by atoms with Crippen molar-refractivity contribution in [3.05, 3.63) is 52.0 Å². The number of nitrogens with zero attached hydrogens (tertiary/aromatic N) is 2. The molecule has 27 heavy (non-hydrogen) atoms. The van der Waals surface area contributed by atoms with Crippen LogP contribution in [0.25, 0.3) is 0 Å². The van der Waals surface area contributed by atoms with E-state index in [0.29, 0.717) is 12.5 Å². The van der Waals surface area contributed by atoms with Gasteiger partial charge in [-0.05, 0) is 18.9 Å². The summed E-state index contributed by atoms with van der Waals surface area (Å²) in [7, 11) is 0. The average Bonchev–Trinajstić information content (AvgIpc) is 3.13. The number of rotatable bonds is 9. The van der Waals surface area contributed by atoms with Gasteiger partial charge in [-0.1, -0.05) is 37.3 Å². The zero-order chi connectivity index (χ0) is 18.6. The summed E-state index contributed by atoms with van der Waals surface area (Å²) < 4.78 is 0. The van der Waals surface area contributed by atoms with E-state index < -0.39 is 0 Å². The topological polar surface area (TPSA) is 78.4 Å². The Morgan fingerprint density at radius 3 is 2.59 bits per heavy atom. The highest BCUT2D eigenvalue weighted by Gasteiger charge is 2.04. The molecule has 0 aliphatic heterocycles. The van der Waals surface area contributed by atoms with Crippen LogP contribution < -0.4 is 16.0 Å². The molecule has 0 atom stereocenters. The van der Waals surface area contributed by atoms with E-state index >= 15 is 0 Å². The SMILES string of the molecule is CCNC(=NCC(=O)NCc1ccccc1)NCCc1ncc(CC)s1.I. The number of aliphatic imine (C=N–C) groups is 1. The molecule has 1 heterocycles. The van der Waals surface area contributed by atoms with Crippen molar-refractivity contribution in [2.45, 2.75) is 33.2 Å². The van der Waals surface area contributed by atoms with Gasteiger partial charge in [0.1, 0.15) is 6.54 Å². The second-order valence-corrected chi connectivity index (χ2v) is 6.91. The maximum Gasteiger partial charge on any atom is 0.242 e. The number of amides is 1. The number of guanidine groups is 1. The lowest BCUT2D eigenvalue weighted by Crippen LogP contribution is -2.39. The first-order chi connectivity index (χ1) is 12.7. The number of benzene rings is 1. The fraction of sp³-hybridized carbons (Fsp3) is 0.421. The number of hydrogen-bond donors (Lipinski definition) is 3. The summed E-state index contributed by atoms with van der Waals surface area (Å²) in [5.74, 6) is 0.549. The molecule has 1 aromatic heterocycles. The largest absolute Gasteiger partial charge is 0.357 e. The number of halogens is 1. The summed E-state index contributed by atoms with van der Waals surface area (Å²) in [6, 6.07) is 9.84. The maximum atomic E-state index is 12.0. The third-order valence-electron chi connectivity index (χ3n) is 3.64. The minimum Gasteiger partial charge on any atom is -0.357 e. The van der Waals surface area contributed by atoms with Crippen LogP contribution in [0.4, 0.5) is 0 Å². The number of aromatic nitrogens is 1. The van der Waals surface area contributed by atoms with Crippen LogP contribution >= 0.6 is 35.3 Å². The first-order valence-electron chi connectivity index (χ1n) is 8.97. The summed E-state index contributed by atoms with van der Waals surface area (Å²) in [5.41, 5.74) is 1.07. The molecule has 0 aliphatic rings. The van der Waals surface area contributed by atoms with Crippen molar-refractivity contribution in [1.29, 1.82) is 0 Å². The lowest BCUT2D eigenvalue weighted by Gasteiger charge is -2.10. The number of thiazole rings is 1. The molecule has 1 aromatic carbocycles. The molecule has 0 fully saturated rings. The van der Waals surface area contributed by atoms with E-state index in [-0.39, 0.29) is 36.4 Å². The minimum atomic E-state index is -0.0985. The maximum absolute atomic E-state index is 12.0. The number of nitrogens with one attached hydrogen (secondary N) is 3. The minimum absolute atomic E-state index is 0. The van der Waals surface area contributed by atoms with Crippen LogP contribution in [0, 0.1) is 0 Å². The zero-order valence-corrected chi connectivity index (χ0v) is 19.0. The Morgan fingerprint density at radius 2 is 1.93 bits per heavy atom. The number of hydrogen-bond acceptors (Lipinski definition) is 4. The molecule has 0 saturated heterocycles. The Labute approximate surface area is 182 Å². The highest BCUT2D eigenvalue weighted by molar-refractivity contribution is 14.0. The van der Waals surface area contributed by atoms with Crippen molar-refractivity contribution in [2.24, 2.45) is 4.99 Å². The summed E-state index contributed by atoms with van der Waals surface area (Å²) >= 11 is 1.75.